The predicted molar refractivity (Wildman–Crippen MR) is 399 cm³/mol. The summed E-state index contributed by atoms with van der Waals surface area (Å²) in [5.74, 6) is 16.9. The first-order valence-electron chi connectivity index (χ1n) is 37.8. The number of rotatable bonds is 38. The second-order valence-corrected chi connectivity index (χ2v) is 33.8. The van der Waals surface area contributed by atoms with E-state index in [9.17, 15) is 0 Å². The summed E-state index contributed by atoms with van der Waals surface area (Å²) in [5, 5.41) is 0. The Morgan fingerprint density at radius 3 is 1.18 bits per heavy atom. The van der Waals surface area contributed by atoms with Crippen molar-refractivity contribution in [1.29, 1.82) is 0 Å². The van der Waals surface area contributed by atoms with Crippen molar-refractivity contribution in [2.75, 3.05) is 0 Å². The molecule has 0 aromatic carbocycles. The molecule has 0 heteroatoms. The summed E-state index contributed by atoms with van der Waals surface area (Å²) in [5.41, 5.74) is 4.67. The van der Waals surface area contributed by atoms with Gasteiger partial charge in [0.2, 0.25) is 0 Å². The van der Waals surface area contributed by atoms with Crippen LogP contribution in [-0.4, -0.2) is 0 Å². The van der Waals surface area contributed by atoms with Gasteiger partial charge in [-0.15, -0.1) is 0 Å². The van der Waals surface area contributed by atoms with Gasteiger partial charge in [-0.1, -0.05) is 352 Å². The highest BCUT2D eigenvalue weighted by atomic mass is 14.4. The van der Waals surface area contributed by atoms with Crippen molar-refractivity contribution in [2.45, 2.75) is 396 Å². The smallest absolute Gasteiger partial charge is 0.0263 e. The normalized spacial score (nSPS) is 15.5. The molecule has 0 heterocycles. The quantitative estimate of drug-likeness (QED) is 0.0427. The number of hydrogen-bond donors (Lipinski definition) is 0. The molecule has 0 nitrogen and oxygen atoms in total. The van der Waals surface area contributed by atoms with Gasteiger partial charge in [0.25, 0.3) is 0 Å². The maximum absolute atomic E-state index is 2.40. The topological polar surface area (TPSA) is 0 Å². The summed E-state index contributed by atoms with van der Waals surface area (Å²) in [6, 6.07) is 0. The highest BCUT2D eigenvalue weighted by Gasteiger charge is 2.38. The van der Waals surface area contributed by atoms with E-state index < -0.39 is 0 Å². The van der Waals surface area contributed by atoms with Gasteiger partial charge in [0.05, 0.1) is 0 Å². The van der Waals surface area contributed by atoms with E-state index in [1.807, 2.05) is 0 Å². The van der Waals surface area contributed by atoms with Crippen LogP contribution in [0.3, 0.4) is 0 Å². The maximum Gasteiger partial charge on any atom is -0.0263 e. The Morgan fingerprint density at radius 1 is 0.357 bits per heavy atom. The second kappa shape index (κ2) is 62.4. The molecule has 0 aromatic heterocycles. The van der Waals surface area contributed by atoms with E-state index >= 15 is 0 Å². The monoisotopic (exact) mass is 1180 g/mol. The molecule has 84 heavy (non-hydrogen) atoms. The first-order valence-corrected chi connectivity index (χ1v) is 37.8. The summed E-state index contributed by atoms with van der Waals surface area (Å²) < 4.78 is 0. The Morgan fingerprint density at radius 2 is 0.786 bits per heavy atom. The van der Waals surface area contributed by atoms with Crippen molar-refractivity contribution in [3.8, 4) is 0 Å². The van der Waals surface area contributed by atoms with Crippen LogP contribution in [0.4, 0.5) is 0 Å². The molecule has 1 aliphatic rings. The van der Waals surface area contributed by atoms with Gasteiger partial charge in [0.15, 0.2) is 0 Å². The van der Waals surface area contributed by atoms with Gasteiger partial charge in [-0.05, 0) is 191 Å². The summed E-state index contributed by atoms with van der Waals surface area (Å²) in [6.45, 7) is 78.4. The first kappa shape index (κ1) is 94.3. The molecule has 4 atom stereocenters. The first-order chi connectivity index (χ1) is 38.8. The molecule has 0 aliphatic heterocycles. The molecule has 1 saturated carbocycles. The Bertz CT molecular complexity index is 1350. The maximum atomic E-state index is 2.40. The molecule has 1 rings (SSSR count). The molecule has 0 bridgehead atoms. The summed E-state index contributed by atoms with van der Waals surface area (Å²) in [6.07, 6.45) is 41.9. The van der Waals surface area contributed by atoms with Crippen molar-refractivity contribution in [3.63, 3.8) is 0 Å². The van der Waals surface area contributed by atoms with Crippen LogP contribution < -0.4 is 0 Å². The van der Waals surface area contributed by atoms with E-state index in [-0.39, 0.29) is 0 Å². The van der Waals surface area contributed by atoms with Crippen LogP contribution in [0.5, 0.6) is 0 Å². The summed E-state index contributed by atoms with van der Waals surface area (Å²) in [7, 11) is 0. The fourth-order valence-corrected chi connectivity index (χ4v) is 10.3. The molecule has 0 saturated heterocycles. The molecule has 1 fully saturated rings. The van der Waals surface area contributed by atoms with Crippen molar-refractivity contribution in [2.24, 2.45) is 112 Å². The van der Waals surface area contributed by atoms with E-state index in [1.54, 1.807) is 16.7 Å². The van der Waals surface area contributed by atoms with Crippen LogP contribution in [0.1, 0.15) is 396 Å². The highest BCUT2D eigenvalue weighted by Crippen LogP contribution is 2.47. The van der Waals surface area contributed by atoms with Gasteiger partial charge in [0.1, 0.15) is 0 Å². The van der Waals surface area contributed by atoms with Gasteiger partial charge in [-0.25, -0.2) is 0 Å². The lowest BCUT2D eigenvalue weighted by Crippen LogP contribution is -2.03. The van der Waals surface area contributed by atoms with Crippen molar-refractivity contribution in [3.05, 3.63) is 34.9 Å². The predicted octanol–water partition coefficient (Wildman–Crippen LogP) is 30.8. The molecule has 0 N–H and O–H groups in total. The van der Waals surface area contributed by atoms with Crippen molar-refractivity contribution < 1.29 is 0 Å². The van der Waals surface area contributed by atoms with Gasteiger partial charge < -0.3 is 0 Å². The third-order valence-corrected chi connectivity index (χ3v) is 17.2. The Labute approximate surface area is 540 Å². The van der Waals surface area contributed by atoms with Gasteiger partial charge in [0, 0.05) is 0 Å². The fourth-order valence-electron chi connectivity index (χ4n) is 10.3. The molecule has 510 valence electrons. The minimum absolute atomic E-state index is 0.712. The highest BCUT2D eigenvalue weighted by molar-refractivity contribution is 5.01. The second-order valence-electron chi connectivity index (χ2n) is 33.8. The zero-order chi connectivity index (χ0) is 66.5. The molecular formula is C84H174. The average molecular weight is 1180 g/mol. The van der Waals surface area contributed by atoms with Crippen molar-refractivity contribution in [1.82, 2.24) is 0 Å². The fraction of sp³-hybridized carbons (Fsp3) is 0.929. The van der Waals surface area contributed by atoms with Crippen LogP contribution >= 0.6 is 0 Å². The summed E-state index contributed by atoms with van der Waals surface area (Å²) >= 11 is 0. The molecule has 1 aliphatic carbocycles. The van der Waals surface area contributed by atoms with Crippen LogP contribution in [0, 0.1) is 112 Å². The Kier molecular flexibility index (Phi) is 70.1. The number of unbranched alkanes of at least 4 members (excludes halogenated alkanes) is 2. The lowest BCUT2D eigenvalue weighted by atomic mass is 9.91. The summed E-state index contributed by atoms with van der Waals surface area (Å²) in [4.78, 5) is 0. The molecule has 0 spiro atoms. The number of hydrogen-bond acceptors (Lipinski definition) is 0. The van der Waals surface area contributed by atoms with E-state index in [0.717, 1.165) is 107 Å². The lowest BCUT2D eigenvalue weighted by molar-refractivity contribution is 0.370. The third-order valence-electron chi connectivity index (χ3n) is 17.2. The molecular weight excluding hydrogens is 1010 g/mol. The molecule has 0 amide bonds. The van der Waals surface area contributed by atoms with Crippen LogP contribution in [-0.2, 0) is 0 Å². The minimum Gasteiger partial charge on any atom is -0.0854 e. The molecule has 0 aromatic rings. The standard InChI is InChI=1S/C12H24.C12H26.C12H24.C12H26.C12H24.C12H26.C12H24/c1-9(2)6-5-7-11-8-12(11)10(3)4;2*1-10(2)6-8-12(5)9-7-11(3)4;2*1-10(2)7-6-8-12(5)9-11(3)4;2*1-10(2)8-6-7-9-12(5)11(3)4/h9-12H,5-8H2,1-4H3;10-12H,6-9H2,1-5H3;8,10-11H,6-7,9H2,1-5H3;10-12H,6-9H2,1-5H3;9-11H,6-8H2,1-5H3;10-12H,6-9H2,1-5H3;9-11H,6-8H2,1-5H3/b;;12-8+;;12-9+;;12-9+. The van der Waals surface area contributed by atoms with E-state index in [2.05, 4.69) is 254 Å². The van der Waals surface area contributed by atoms with E-state index in [0.29, 0.717) is 5.92 Å². The van der Waals surface area contributed by atoms with Gasteiger partial charge in [-0.2, -0.15) is 0 Å². The van der Waals surface area contributed by atoms with Crippen molar-refractivity contribution >= 4 is 0 Å². The zero-order valence-corrected chi connectivity index (χ0v) is 65.9. The third kappa shape index (κ3) is 87.7. The van der Waals surface area contributed by atoms with Crippen LogP contribution in [0.15, 0.2) is 34.9 Å². The SMILES string of the molecule is C/C(=C\C(C)C)CCCC(C)C.C/C(=C\CC(C)C)CCC(C)C.C/C(=C\CCCC(C)C)C(C)C.CC(C)CCC(C)CCC(C)C.CC(C)CCCC(C)CC(C)C.CC(C)CCCC1CC1C(C)C.CC(C)CCCCC(C)C(C)C. The zero-order valence-electron chi connectivity index (χ0n) is 65.9. The lowest BCUT2D eigenvalue weighted by Gasteiger charge is -2.15. The number of allylic oxidation sites excluding steroid dienone is 6. The Balaban J connectivity index is -0.000000211. The Hall–Kier alpha value is -0.780. The minimum atomic E-state index is 0.712. The van der Waals surface area contributed by atoms with Crippen LogP contribution in [0.2, 0.25) is 0 Å². The van der Waals surface area contributed by atoms with Gasteiger partial charge >= 0.3 is 0 Å². The van der Waals surface area contributed by atoms with Gasteiger partial charge in [-0.3, -0.25) is 0 Å². The molecule has 4 unspecified atom stereocenters. The largest absolute Gasteiger partial charge is 0.0854 e. The molecule has 0 radical (unpaired) electrons. The van der Waals surface area contributed by atoms with E-state index in [4.69, 9.17) is 0 Å². The van der Waals surface area contributed by atoms with E-state index in [1.165, 1.54) is 161 Å². The van der Waals surface area contributed by atoms with Crippen LogP contribution in [0.25, 0.3) is 0 Å². The average Bonchev–Trinajstić information content (AvgIpc) is 4.14.